The van der Waals surface area contributed by atoms with E-state index in [1.54, 1.807) is 0 Å². The first-order chi connectivity index (χ1) is 7.35. The van der Waals surface area contributed by atoms with Crippen molar-refractivity contribution in [2.75, 3.05) is 19.6 Å². The van der Waals surface area contributed by atoms with Crippen molar-refractivity contribution >= 4 is 6.29 Å². The molecule has 15 heavy (non-hydrogen) atoms. The Morgan fingerprint density at radius 2 is 2.47 bits per heavy atom. The molecular formula is C12H18N2O. The zero-order valence-electron chi connectivity index (χ0n) is 9.22. The minimum absolute atomic E-state index is 0.480. The number of hydrogen-bond acceptors (Lipinski definition) is 2. The maximum Gasteiger partial charge on any atom is 0.166 e. The van der Waals surface area contributed by atoms with Gasteiger partial charge in [0.1, 0.15) is 0 Å². The summed E-state index contributed by atoms with van der Waals surface area (Å²) in [6.07, 6.45) is 5.39. The number of aromatic nitrogens is 1. The van der Waals surface area contributed by atoms with Gasteiger partial charge < -0.3 is 9.47 Å². The number of piperidine rings is 1. The fourth-order valence-corrected chi connectivity index (χ4v) is 2.38. The zero-order chi connectivity index (χ0) is 10.7. The Kier molecular flexibility index (Phi) is 3.21. The van der Waals surface area contributed by atoms with Gasteiger partial charge in [-0.15, -0.1) is 0 Å². The van der Waals surface area contributed by atoms with E-state index in [9.17, 15) is 4.79 Å². The maximum atomic E-state index is 10.8. The van der Waals surface area contributed by atoms with Crippen molar-refractivity contribution in [1.29, 1.82) is 0 Å². The van der Waals surface area contributed by atoms with Crippen LogP contribution >= 0.6 is 0 Å². The van der Waals surface area contributed by atoms with E-state index in [0.717, 1.165) is 25.1 Å². The van der Waals surface area contributed by atoms with E-state index in [4.69, 9.17) is 0 Å². The second-order valence-electron chi connectivity index (χ2n) is 4.15. The van der Waals surface area contributed by atoms with Crippen molar-refractivity contribution in [2.24, 2.45) is 0 Å². The molecule has 0 aliphatic carbocycles. The van der Waals surface area contributed by atoms with E-state index in [1.165, 1.54) is 19.4 Å². The summed E-state index contributed by atoms with van der Waals surface area (Å²) in [7, 11) is 0. The molecule has 1 aliphatic heterocycles. The van der Waals surface area contributed by atoms with Gasteiger partial charge in [-0.3, -0.25) is 4.79 Å². The molecule has 1 fully saturated rings. The molecule has 0 N–H and O–H groups in total. The van der Waals surface area contributed by atoms with E-state index in [-0.39, 0.29) is 0 Å². The van der Waals surface area contributed by atoms with E-state index < -0.39 is 0 Å². The van der Waals surface area contributed by atoms with Gasteiger partial charge in [0.05, 0.1) is 5.69 Å². The van der Waals surface area contributed by atoms with E-state index in [2.05, 4.69) is 16.4 Å². The first-order valence-electron chi connectivity index (χ1n) is 5.69. The summed E-state index contributed by atoms with van der Waals surface area (Å²) in [5.74, 6) is 0. The molecule has 0 bridgehead atoms. The second-order valence-corrected chi connectivity index (χ2v) is 4.15. The molecule has 0 amide bonds. The van der Waals surface area contributed by atoms with Crippen molar-refractivity contribution in [1.82, 2.24) is 9.47 Å². The Bertz CT molecular complexity index is 332. The molecule has 1 aliphatic rings. The lowest BCUT2D eigenvalue weighted by Crippen LogP contribution is -2.36. The van der Waals surface area contributed by atoms with Crippen LogP contribution in [0.4, 0.5) is 0 Å². The molecular weight excluding hydrogens is 188 g/mol. The Hall–Kier alpha value is -1.09. The topological polar surface area (TPSA) is 25.2 Å². The van der Waals surface area contributed by atoms with Crippen LogP contribution in [0.25, 0.3) is 0 Å². The lowest BCUT2D eigenvalue weighted by Gasteiger charge is -2.33. The average molecular weight is 206 g/mol. The summed E-state index contributed by atoms with van der Waals surface area (Å²) in [5, 5.41) is 0. The Morgan fingerprint density at radius 3 is 3.20 bits per heavy atom. The van der Waals surface area contributed by atoms with Crippen molar-refractivity contribution in [3.05, 3.63) is 24.0 Å². The number of likely N-dealkylation sites (tertiary alicyclic amines) is 1. The highest BCUT2D eigenvalue weighted by molar-refractivity contribution is 5.72. The molecule has 2 heterocycles. The van der Waals surface area contributed by atoms with Crippen molar-refractivity contribution < 1.29 is 4.79 Å². The number of hydrogen-bond donors (Lipinski definition) is 0. The highest BCUT2D eigenvalue weighted by atomic mass is 16.1. The van der Waals surface area contributed by atoms with Gasteiger partial charge >= 0.3 is 0 Å². The van der Waals surface area contributed by atoms with Crippen LogP contribution in [0, 0.1) is 0 Å². The maximum absolute atomic E-state index is 10.8. The van der Waals surface area contributed by atoms with Crippen LogP contribution in [0.2, 0.25) is 0 Å². The predicted octanol–water partition coefficient (Wildman–Crippen LogP) is 1.96. The number of aldehydes is 1. The average Bonchev–Trinajstić information content (AvgIpc) is 2.77. The largest absolute Gasteiger partial charge is 0.341 e. The van der Waals surface area contributed by atoms with Crippen LogP contribution in [0.15, 0.2) is 18.3 Å². The quantitative estimate of drug-likeness (QED) is 0.706. The summed E-state index contributed by atoms with van der Waals surface area (Å²) < 4.78 is 2.12. The van der Waals surface area contributed by atoms with Crippen LogP contribution in [-0.4, -0.2) is 35.4 Å². The summed E-state index contributed by atoms with van der Waals surface area (Å²) in [6, 6.07) is 4.32. The lowest BCUT2D eigenvalue weighted by atomic mass is 10.1. The molecule has 0 radical (unpaired) electrons. The Labute approximate surface area is 90.7 Å². The van der Waals surface area contributed by atoms with Gasteiger partial charge in [0.2, 0.25) is 0 Å². The highest BCUT2D eigenvalue weighted by Gasteiger charge is 2.20. The first kappa shape index (κ1) is 10.4. The van der Waals surface area contributed by atoms with Crippen LogP contribution in [0.1, 0.15) is 36.3 Å². The van der Waals surface area contributed by atoms with Gasteiger partial charge in [-0.25, -0.2) is 0 Å². The third kappa shape index (κ3) is 2.12. The first-order valence-corrected chi connectivity index (χ1v) is 5.69. The summed E-state index contributed by atoms with van der Waals surface area (Å²) in [5.41, 5.74) is 0.804. The Balaban J connectivity index is 2.12. The Morgan fingerprint density at radius 1 is 1.60 bits per heavy atom. The fraction of sp³-hybridized carbons (Fsp3) is 0.583. The third-order valence-electron chi connectivity index (χ3n) is 3.25. The number of carbonyl (C=O) groups excluding carboxylic acids is 1. The minimum atomic E-state index is 0.480. The molecule has 2 rings (SSSR count). The van der Waals surface area contributed by atoms with Gasteiger partial charge in [-0.05, 0) is 38.1 Å². The van der Waals surface area contributed by atoms with Gasteiger partial charge in [0.15, 0.2) is 6.29 Å². The molecule has 3 heteroatoms. The highest BCUT2D eigenvalue weighted by Crippen LogP contribution is 2.22. The molecule has 1 saturated heterocycles. The van der Waals surface area contributed by atoms with E-state index in [1.807, 2.05) is 18.3 Å². The molecule has 1 aromatic rings. The number of rotatable bonds is 3. The number of likely N-dealkylation sites (N-methyl/N-ethyl adjacent to an activating group) is 1. The molecule has 1 unspecified atom stereocenters. The van der Waals surface area contributed by atoms with Crippen LogP contribution in [0.3, 0.4) is 0 Å². The van der Waals surface area contributed by atoms with Crippen LogP contribution in [0.5, 0.6) is 0 Å². The summed E-state index contributed by atoms with van der Waals surface area (Å²) in [6.45, 7) is 5.57. The SMILES string of the molecule is CCN1CCCC(n2cccc2C=O)C1. The number of nitrogens with zero attached hydrogens (tertiary/aromatic N) is 2. The van der Waals surface area contributed by atoms with Gasteiger partial charge in [0.25, 0.3) is 0 Å². The van der Waals surface area contributed by atoms with Gasteiger partial charge in [-0.2, -0.15) is 0 Å². The van der Waals surface area contributed by atoms with E-state index in [0.29, 0.717) is 6.04 Å². The molecule has 82 valence electrons. The van der Waals surface area contributed by atoms with Crippen molar-refractivity contribution in [2.45, 2.75) is 25.8 Å². The smallest absolute Gasteiger partial charge is 0.166 e. The molecule has 1 atom stereocenters. The van der Waals surface area contributed by atoms with Gasteiger partial charge in [0, 0.05) is 18.8 Å². The second kappa shape index (κ2) is 4.62. The number of carbonyl (C=O) groups is 1. The van der Waals surface area contributed by atoms with E-state index >= 15 is 0 Å². The normalized spacial score (nSPS) is 22.9. The molecule has 1 aromatic heterocycles. The predicted molar refractivity (Wildman–Crippen MR) is 60.2 cm³/mol. The van der Waals surface area contributed by atoms with Crippen molar-refractivity contribution in [3.8, 4) is 0 Å². The molecule has 0 saturated carbocycles. The third-order valence-corrected chi connectivity index (χ3v) is 3.25. The van der Waals surface area contributed by atoms with Crippen molar-refractivity contribution in [3.63, 3.8) is 0 Å². The standard InChI is InChI=1S/C12H18N2O/c1-2-13-7-3-5-11(9-13)14-8-4-6-12(14)10-15/h4,6,8,10-11H,2-3,5,7,9H2,1H3. The van der Waals surface area contributed by atoms with Crippen LogP contribution in [-0.2, 0) is 0 Å². The molecule has 0 spiro atoms. The fourth-order valence-electron chi connectivity index (χ4n) is 2.38. The summed E-state index contributed by atoms with van der Waals surface area (Å²) >= 11 is 0. The lowest BCUT2D eigenvalue weighted by molar-refractivity contribution is 0.110. The summed E-state index contributed by atoms with van der Waals surface area (Å²) in [4.78, 5) is 13.3. The minimum Gasteiger partial charge on any atom is -0.341 e. The molecule has 3 nitrogen and oxygen atoms in total. The van der Waals surface area contributed by atoms with Gasteiger partial charge in [-0.1, -0.05) is 6.92 Å². The monoisotopic (exact) mass is 206 g/mol. The van der Waals surface area contributed by atoms with Crippen LogP contribution < -0.4 is 0 Å². The zero-order valence-corrected chi connectivity index (χ0v) is 9.22. The molecule has 0 aromatic carbocycles.